The monoisotopic (exact) mass is 504 g/mol. The molecular formula is C26H24N4O7. The van der Waals surface area contributed by atoms with E-state index < -0.39 is 30.4 Å². The smallest absolute Gasteiger partial charge is 0.356 e. The van der Waals surface area contributed by atoms with E-state index >= 15 is 0 Å². The molecular weight excluding hydrogens is 480 g/mol. The van der Waals surface area contributed by atoms with Gasteiger partial charge in [-0.1, -0.05) is 18.2 Å². The van der Waals surface area contributed by atoms with Crippen LogP contribution in [0.4, 0.5) is 0 Å². The molecule has 1 aliphatic rings. The number of carbonyl (C=O) groups is 4. The Hall–Kier alpha value is -4.67. The highest BCUT2D eigenvalue weighted by molar-refractivity contribution is 6.12. The van der Waals surface area contributed by atoms with Gasteiger partial charge in [0.15, 0.2) is 6.04 Å². The van der Waals surface area contributed by atoms with Crippen LogP contribution in [0.25, 0.3) is 21.8 Å². The highest BCUT2D eigenvalue weighted by atomic mass is 16.5. The maximum absolute atomic E-state index is 13.7. The van der Waals surface area contributed by atoms with E-state index in [0.29, 0.717) is 16.7 Å². The number of nitrogens with one attached hydrogen (secondary N) is 1. The van der Waals surface area contributed by atoms with E-state index in [2.05, 4.69) is 10.3 Å². The van der Waals surface area contributed by atoms with Crippen LogP contribution in [0.2, 0.25) is 0 Å². The van der Waals surface area contributed by atoms with E-state index in [1.165, 1.54) is 18.3 Å². The van der Waals surface area contributed by atoms with Crippen LogP contribution in [0.1, 0.15) is 34.9 Å². The molecule has 0 bridgehead atoms. The predicted molar refractivity (Wildman–Crippen MR) is 130 cm³/mol. The number of benzene rings is 1. The summed E-state index contributed by atoms with van der Waals surface area (Å²) >= 11 is 0. The van der Waals surface area contributed by atoms with Gasteiger partial charge in [-0.25, -0.2) is 9.78 Å². The molecule has 0 fully saturated rings. The van der Waals surface area contributed by atoms with Gasteiger partial charge in [-0.2, -0.15) is 0 Å². The molecule has 5 rings (SSSR count). The lowest BCUT2D eigenvalue weighted by Gasteiger charge is -2.28. The van der Waals surface area contributed by atoms with E-state index in [-0.39, 0.29) is 37.0 Å². The fourth-order valence-electron chi connectivity index (χ4n) is 4.67. The summed E-state index contributed by atoms with van der Waals surface area (Å²) < 4.78 is 17.1. The Morgan fingerprint density at radius 2 is 1.97 bits per heavy atom. The molecule has 4 aromatic rings. The minimum Gasteiger partial charge on any atom is -0.467 e. The quantitative estimate of drug-likeness (QED) is 0.379. The second-order valence-corrected chi connectivity index (χ2v) is 8.41. The van der Waals surface area contributed by atoms with E-state index in [1.807, 2.05) is 24.3 Å². The molecule has 0 spiro atoms. The zero-order chi connectivity index (χ0) is 26.1. The maximum Gasteiger partial charge on any atom is 0.356 e. The van der Waals surface area contributed by atoms with Crippen LogP contribution in [0.5, 0.6) is 0 Å². The van der Waals surface area contributed by atoms with Gasteiger partial charge < -0.3 is 28.7 Å². The van der Waals surface area contributed by atoms with Crippen molar-refractivity contribution in [3.8, 4) is 0 Å². The Morgan fingerprint density at radius 1 is 1.16 bits per heavy atom. The van der Waals surface area contributed by atoms with Crippen LogP contribution in [0.15, 0.2) is 53.1 Å². The number of fused-ring (bicyclic) bond motifs is 3. The summed E-state index contributed by atoms with van der Waals surface area (Å²) in [6.07, 6.45) is 1.47. The number of rotatable bonds is 7. The molecule has 11 nitrogen and oxygen atoms in total. The van der Waals surface area contributed by atoms with Gasteiger partial charge in [0.1, 0.15) is 24.5 Å². The van der Waals surface area contributed by atoms with Crippen molar-refractivity contribution in [2.24, 2.45) is 0 Å². The Kier molecular flexibility index (Phi) is 6.34. The van der Waals surface area contributed by atoms with Gasteiger partial charge in [0.25, 0.3) is 0 Å². The maximum atomic E-state index is 13.7. The summed E-state index contributed by atoms with van der Waals surface area (Å²) in [5.41, 5.74) is 1.47. The van der Waals surface area contributed by atoms with Crippen molar-refractivity contribution >= 4 is 45.6 Å². The van der Waals surface area contributed by atoms with Crippen molar-refractivity contribution < 1.29 is 33.1 Å². The Morgan fingerprint density at radius 3 is 2.70 bits per heavy atom. The molecule has 1 aromatic carbocycles. The van der Waals surface area contributed by atoms with Crippen molar-refractivity contribution in [2.45, 2.75) is 26.1 Å². The van der Waals surface area contributed by atoms with E-state index in [0.717, 1.165) is 10.9 Å². The average molecular weight is 504 g/mol. The molecule has 2 amide bonds. The fraction of sp³-hybridized carbons (Fsp3) is 0.269. The van der Waals surface area contributed by atoms with E-state index in [1.54, 1.807) is 29.7 Å². The van der Waals surface area contributed by atoms with Crippen LogP contribution < -0.4 is 5.32 Å². The van der Waals surface area contributed by atoms with Crippen LogP contribution in [0.3, 0.4) is 0 Å². The first-order chi connectivity index (χ1) is 17.9. The molecule has 0 aliphatic carbocycles. The molecule has 4 heterocycles. The number of methoxy groups -OCH3 is 1. The van der Waals surface area contributed by atoms with Gasteiger partial charge in [-0.15, -0.1) is 0 Å². The number of amides is 2. The molecule has 1 aliphatic heterocycles. The third-order valence-electron chi connectivity index (χ3n) is 6.22. The highest BCUT2D eigenvalue weighted by Gasteiger charge is 2.39. The molecule has 1 unspecified atom stereocenters. The zero-order valence-electron chi connectivity index (χ0n) is 20.2. The molecule has 37 heavy (non-hydrogen) atoms. The number of hydrogen-bond acceptors (Lipinski definition) is 8. The predicted octanol–water partition coefficient (Wildman–Crippen LogP) is 2.33. The summed E-state index contributed by atoms with van der Waals surface area (Å²) in [5.74, 6) is -1.87. The molecule has 190 valence electrons. The number of carbonyl (C=O) groups excluding carboxylic acids is 4. The summed E-state index contributed by atoms with van der Waals surface area (Å²) in [4.78, 5) is 57.8. The van der Waals surface area contributed by atoms with E-state index in [9.17, 15) is 19.2 Å². The number of pyridine rings is 1. The first-order valence-corrected chi connectivity index (χ1v) is 11.7. The van der Waals surface area contributed by atoms with Gasteiger partial charge in [0.2, 0.25) is 11.8 Å². The molecule has 1 atom stereocenters. The summed E-state index contributed by atoms with van der Waals surface area (Å²) in [5, 5.41) is 4.01. The number of hydrogen-bond donors (Lipinski definition) is 1. The normalized spacial score (nSPS) is 15.0. The van der Waals surface area contributed by atoms with Gasteiger partial charge in [0, 0.05) is 16.3 Å². The third kappa shape index (κ3) is 4.28. The molecule has 11 heteroatoms. The SMILES string of the molecule is CCOC(=O)CNC(=O)C1c2nc(C(=O)OC)cc3c4ccccc4n(c23)CC(=O)N1Cc1ccco1. The fourth-order valence-corrected chi connectivity index (χ4v) is 4.67. The molecule has 3 aromatic heterocycles. The lowest BCUT2D eigenvalue weighted by molar-refractivity contribution is -0.145. The zero-order valence-corrected chi connectivity index (χ0v) is 20.2. The number of para-hydroxylation sites is 1. The van der Waals surface area contributed by atoms with Crippen molar-refractivity contribution in [3.63, 3.8) is 0 Å². The number of esters is 2. The molecule has 1 N–H and O–H groups in total. The first-order valence-electron chi connectivity index (χ1n) is 11.7. The van der Waals surface area contributed by atoms with E-state index in [4.69, 9.17) is 13.9 Å². The summed E-state index contributed by atoms with van der Waals surface area (Å²) in [7, 11) is 1.24. The van der Waals surface area contributed by atoms with Crippen LogP contribution >= 0.6 is 0 Å². The second-order valence-electron chi connectivity index (χ2n) is 8.41. The standard InChI is InChI=1S/C26H24N4O7/c1-3-36-21(32)12-27-25(33)24-22-23-17(11-18(28-22)26(34)35-2)16-8-4-5-9-19(16)29(23)14-20(31)30(24)13-15-7-6-10-37-15/h4-11,24H,3,12-14H2,1-2H3,(H,27,33). The van der Waals surface area contributed by atoms with Crippen molar-refractivity contribution in [1.29, 1.82) is 0 Å². The van der Waals surface area contributed by atoms with Gasteiger partial charge in [-0.05, 0) is 31.2 Å². The Labute approximate surface area is 210 Å². The van der Waals surface area contributed by atoms with Gasteiger partial charge in [0.05, 0.1) is 37.7 Å². The van der Waals surface area contributed by atoms with Crippen LogP contribution in [-0.4, -0.2) is 58.5 Å². The van der Waals surface area contributed by atoms with Crippen molar-refractivity contribution in [1.82, 2.24) is 19.8 Å². The van der Waals surface area contributed by atoms with Gasteiger partial charge >= 0.3 is 11.9 Å². The molecule has 0 radical (unpaired) electrons. The molecule has 0 saturated carbocycles. The number of aromatic nitrogens is 2. The van der Waals surface area contributed by atoms with Gasteiger partial charge in [-0.3, -0.25) is 14.4 Å². The first kappa shape index (κ1) is 24.0. The van der Waals surface area contributed by atoms with Crippen LogP contribution in [-0.2, 0) is 36.9 Å². The van der Waals surface area contributed by atoms with Crippen molar-refractivity contribution in [3.05, 3.63) is 65.9 Å². The Balaban J connectivity index is 1.73. The second kappa shape index (κ2) is 9.76. The minimum atomic E-state index is -1.27. The average Bonchev–Trinajstić information content (AvgIpc) is 3.50. The summed E-state index contributed by atoms with van der Waals surface area (Å²) in [6, 6.07) is 11.1. The number of ether oxygens (including phenoxy) is 2. The third-order valence-corrected chi connectivity index (χ3v) is 6.22. The topological polar surface area (TPSA) is 133 Å². The van der Waals surface area contributed by atoms with Crippen molar-refractivity contribution in [2.75, 3.05) is 20.3 Å². The summed E-state index contributed by atoms with van der Waals surface area (Å²) in [6.45, 7) is 1.32. The number of furan rings is 1. The lowest BCUT2D eigenvalue weighted by atomic mass is 10.0. The largest absolute Gasteiger partial charge is 0.467 e. The molecule has 0 saturated heterocycles. The minimum absolute atomic E-state index is 0.0107. The number of nitrogens with zero attached hydrogens (tertiary/aromatic N) is 3. The Bertz CT molecular complexity index is 1520. The highest BCUT2D eigenvalue weighted by Crippen LogP contribution is 2.38. The lowest BCUT2D eigenvalue weighted by Crippen LogP contribution is -2.45. The van der Waals surface area contributed by atoms with Crippen LogP contribution in [0, 0.1) is 0 Å².